The predicted molar refractivity (Wildman–Crippen MR) is 99.5 cm³/mol. The van der Waals surface area contributed by atoms with E-state index in [1.54, 1.807) is 0 Å². The van der Waals surface area contributed by atoms with Crippen molar-refractivity contribution < 1.29 is 0 Å². The van der Waals surface area contributed by atoms with Crippen molar-refractivity contribution in [2.24, 2.45) is 0 Å². The summed E-state index contributed by atoms with van der Waals surface area (Å²) in [6.45, 7) is 6.58. The van der Waals surface area contributed by atoms with Crippen LogP contribution in [0.1, 0.15) is 48.9 Å². The first kappa shape index (κ1) is 16.7. The summed E-state index contributed by atoms with van der Waals surface area (Å²) >= 11 is 0. The van der Waals surface area contributed by atoms with E-state index < -0.39 is 0 Å². The molecule has 3 heterocycles. The summed E-state index contributed by atoms with van der Waals surface area (Å²) in [6.07, 6.45) is 6.01. The highest BCUT2D eigenvalue weighted by molar-refractivity contribution is 5.14. The van der Waals surface area contributed by atoms with Crippen LogP contribution in [0.25, 0.3) is 0 Å². The predicted octanol–water partition coefficient (Wildman–Crippen LogP) is 2.72. The van der Waals surface area contributed by atoms with Crippen molar-refractivity contribution in [1.29, 1.82) is 0 Å². The minimum atomic E-state index is 0.385. The van der Waals surface area contributed by atoms with Gasteiger partial charge in [-0.3, -0.25) is 0 Å². The van der Waals surface area contributed by atoms with E-state index in [9.17, 15) is 0 Å². The number of nitrogens with one attached hydrogen (secondary N) is 1. The van der Waals surface area contributed by atoms with Gasteiger partial charge < -0.3 is 10.2 Å². The topological polar surface area (TPSA) is 46.0 Å². The van der Waals surface area contributed by atoms with Gasteiger partial charge in [0.1, 0.15) is 11.6 Å². The molecule has 4 rings (SSSR count). The Hall–Kier alpha value is -1.72. The third-order valence-electron chi connectivity index (χ3n) is 5.56. The molecule has 1 atom stereocenters. The first-order valence-corrected chi connectivity index (χ1v) is 9.71. The van der Waals surface area contributed by atoms with Gasteiger partial charge >= 0.3 is 0 Å². The Morgan fingerprint density at radius 3 is 2.68 bits per heavy atom. The van der Waals surface area contributed by atoms with E-state index in [1.807, 2.05) is 6.92 Å². The molecule has 1 aromatic carbocycles. The second kappa shape index (κ2) is 7.67. The molecule has 5 heteroatoms. The van der Waals surface area contributed by atoms with Gasteiger partial charge in [0.05, 0.1) is 6.04 Å². The van der Waals surface area contributed by atoms with Crippen LogP contribution in [0.4, 0.5) is 0 Å². The highest BCUT2D eigenvalue weighted by atomic mass is 15.4. The monoisotopic (exact) mass is 339 g/mol. The minimum absolute atomic E-state index is 0.385. The summed E-state index contributed by atoms with van der Waals surface area (Å²) in [5.41, 5.74) is 1.44. The molecule has 134 valence electrons. The number of likely N-dealkylation sites (tertiary alicyclic amines) is 1. The molecule has 1 aromatic heterocycles. The van der Waals surface area contributed by atoms with E-state index in [0.29, 0.717) is 12.1 Å². The molecule has 2 aliphatic rings. The van der Waals surface area contributed by atoms with E-state index in [-0.39, 0.29) is 0 Å². The zero-order valence-corrected chi connectivity index (χ0v) is 15.2. The van der Waals surface area contributed by atoms with Crippen LogP contribution in [-0.4, -0.2) is 45.3 Å². The SMILES string of the molecule is Cc1nc2n(n1)CCC[C@@H]2NC1CCN(CCc2ccccc2)CC1. The van der Waals surface area contributed by atoms with Gasteiger partial charge in [-0.15, -0.1) is 0 Å². The van der Waals surface area contributed by atoms with Crippen molar-refractivity contribution in [2.75, 3.05) is 19.6 Å². The smallest absolute Gasteiger partial charge is 0.147 e. The van der Waals surface area contributed by atoms with Crippen molar-refractivity contribution in [3.8, 4) is 0 Å². The van der Waals surface area contributed by atoms with Gasteiger partial charge in [0, 0.05) is 19.1 Å². The lowest BCUT2D eigenvalue weighted by Gasteiger charge is -2.35. The molecule has 1 fully saturated rings. The van der Waals surface area contributed by atoms with Crippen LogP contribution in [0, 0.1) is 6.92 Å². The quantitative estimate of drug-likeness (QED) is 0.910. The van der Waals surface area contributed by atoms with Gasteiger partial charge in [-0.1, -0.05) is 30.3 Å². The Labute approximate surface area is 150 Å². The van der Waals surface area contributed by atoms with Crippen LogP contribution in [-0.2, 0) is 13.0 Å². The summed E-state index contributed by atoms with van der Waals surface area (Å²) in [6, 6.07) is 11.8. The van der Waals surface area contributed by atoms with Crippen molar-refractivity contribution in [2.45, 2.75) is 57.7 Å². The Morgan fingerprint density at radius 2 is 1.88 bits per heavy atom. The van der Waals surface area contributed by atoms with E-state index in [1.165, 1.54) is 50.9 Å². The van der Waals surface area contributed by atoms with E-state index >= 15 is 0 Å². The van der Waals surface area contributed by atoms with Gasteiger partial charge in [-0.2, -0.15) is 5.10 Å². The fourth-order valence-electron chi connectivity index (χ4n) is 4.17. The average Bonchev–Trinajstić information content (AvgIpc) is 3.03. The zero-order valence-electron chi connectivity index (χ0n) is 15.2. The first-order chi connectivity index (χ1) is 12.3. The van der Waals surface area contributed by atoms with Gasteiger partial charge in [0.25, 0.3) is 0 Å². The molecule has 2 aromatic rings. The number of hydrogen-bond acceptors (Lipinski definition) is 4. The van der Waals surface area contributed by atoms with Crippen LogP contribution < -0.4 is 5.32 Å². The average molecular weight is 339 g/mol. The number of hydrogen-bond donors (Lipinski definition) is 1. The van der Waals surface area contributed by atoms with E-state index in [0.717, 1.165) is 24.6 Å². The molecule has 0 radical (unpaired) electrons. The number of nitrogens with zero attached hydrogens (tertiary/aromatic N) is 4. The zero-order chi connectivity index (χ0) is 17.1. The van der Waals surface area contributed by atoms with Crippen LogP contribution in [0.15, 0.2) is 30.3 Å². The number of fused-ring (bicyclic) bond motifs is 1. The van der Waals surface area contributed by atoms with Crippen molar-refractivity contribution in [1.82, 2.24) is 25.0 Å². The van der Waals surface area contributed by atoms with Crippen molar-refractivity contribution >= 4 is 0 Å². The maximum Gasteiger partial charge on any atom is 0.147 e. The summed E-state index contributed by atoms with van der Waals surface area (Å²) in [5.74, 6) is 2.05. The normalized spacial score (nSPS) is 22.0. The lowest BCUT2D eigenvalue weighted by Crippen LogP contribution is -2.45. The lowest BCUT2D eigenvalue weighted by molar-refractivity contribution is 0.186. The molecule has 0 saturated carbocycles. The Morgan fingerprint density at radius 1 is 1.08 bits per heavy atom. The molecule has 0 amide bonds. The fraction of sp³-hybridized carbons (Fsp3) is 0.600. The third-order valence-corrected chi connectivity index (χ3v) is 5.56. The molecule has 0 bridgehead atoms. The largest absolute Gasteiger partial charge is 0.304 e. The first-order valence-electron chi connectivity index (χ1n) is 9.71. The maximum atomic E-state index is 4.66. The number of aromatic nitrogens is 3. The lowest BCUT2D eigenvalue weighted by atomic mass is 10.0. The van der Waals surface area contributed by atoms with Gasteiger partial charge in [-0.05, 0) is 57.7 Å². The Kier molecular flexibility index (Phi) is 5.13. The Balaban J connectivity index is 1.25. The molecule has 25 heavy (non-hydrogen) atoms. The maximum absolute atomic E-state index is 4.66. The molecule has 0 aliphatic carbocycles. The minimum Gasteiger partial charge on any atom is -0.304 e. The van der Waals surface area contributed by atoms with Crippen molar-refractivity contribution in [3.05, 3.63) is 47.5 Å². The van der Waals surface area contributed by atoms with Gasteiger partial charge in [-0.25, -0.2) is 9.67 Å². The molecule has 5 nitrogen and oxygen atoms in total. The van der Waals surface area contributed by atoms with Gasteiger partial charge in [0.2, 0.25) is 0 Å². The highest BCUT2D eigenvalue weighted by Gasteiger charge is 2.27. The summed E-state index contributed by atoms with van der Waals surface area (Å²) in [7, 11) is 0. The number of piperidine rings is 1. The van der Waals surface area contributed by atoms with E-state index in [2.05, 4.69) is 55.3 Å². The van der Waals surface area contributed by atoms with Crippen LogP contribution in [0.3, 0.4) is 0 Å². The van der Waals surface area contributed by atoms with Gasteiger partial charge in [0.15, 0.2) is 0 Å². The standard InChI is InChI=1S/C20H29N5/c1-16-21-20-19(8-5-12-25(20)23-16)22-18-10-14-24(15-11-18)13-9-17-6-3-2-4-7-17/h2-4,6-7,18-19,22H,5,8-15H2,1H3/t19-/m0/s1. The summed E-state index contributed by atoms with van der Waals surface area (Å²) in [4.78, 5) is 7.26. The van der Waals surface area contributed by atoms with Crippen LogP contribution in [0.5, 0.6) is 0 Å². The van der Waals surface area contributed by atoms with Crippen LogP contribution >= 0.6 is 0 Å². The third kappa shape index (κ3) is 4.10. The molecule has 0 spiro atoms. The van der Waals surface area contributed by atoms with Crippen molar-refractivity contribution in [3.63, 3.8) is 0 Å². The molecule has 0 unspecified atom stereocenters. The summed E-state index contributed by atoms with van der Waals surface area (Å²) in [5, 5.41) is 8.39. The molecular formula is C20H29N5. The number of rotatable bonds is 5. The molecule has 1 saturated heterocycles. The molecule has 1 N–H and O–H groups in total. The fourth-order valence-corrected chi connectivity index (χ4v) is 4.17. The number of benzene rings is 1. The Bertz CT molecular complexity index is 673. The molecular weight excluding hydrogens is 310 g/mol. The van der Waals surface area contributed by atoms with E-state index in [4.69, 9.17) is 0 Å². The summed E-state index contributed by atoms with van der Waals surface area (Å²) < 4.78 is 2.10. The number of aryl methyl sites for hydroxylation is 2. The second-order valence-electron chi connectivity index (χ2n) is 7.45. The molecule has 2 aliphatic heterocycles. The van der Waals surface area contributed by atoms with Crippen LogP contribution in [0.2, 0.25) is 0 Å². The second-order valence-corrected chi connectivity index (χ2v) is 7.45. The highest BCUT2D eigenvalue weighted by Crippen LogP contribution is 2.25.